The molecule has 18 heavy (non-hydrogen) atoms. The van der Waals surface area contributed by atoms with Gasteiger partial charge in [-0.15, -0.1) is 0 Å². The van der Waals surface area contributed by atoms with E-state index in [2.05, 4.69) is 0 Å². The fraction of sp³-hybridized carbons (Fsp3) is 0.538. The van der Waals surface area contributed by atoms with Gasteiger partial charge >= 0.3 is 0 Å². The molecule has 2 N–H and O–H groups in total. The molecule has 4 nitrogen and oxygen atoms in total. The maximum absolute atomic E-state index is 12.0. The number of benzene rings is 1. The lowest BCUT2D eigenvalue weighted by atomic mass is 10.3. The zero-order valence-corrected chi connectivity index (χ0v) is 11.3. The second-order valence-electron chi connectivity index (χ2n) is 4.41. The van der Waals surface area contributed by atoms with Crippen molar-refractivity contribution in [2.75, 3.05) is 24.7 Å². The molecular formula is C13H19NO3S. The van der Waals surface area contributed by atoms with Crippen LogP contribution in [-0.4, -0.2) is 34.5 Å². The minimum Gasteiger partial charge on any atom is -0.493 e. The highest BCUT2D eigenvalue weighted by Gasteiger charge is 2.29. The van der Waals surface area contributed by atoms with Crippen LogP contribution >= 0.6 is 0 Å². The predicted octanol–water partition coefficient (Wildman–Crippen LogP) is 1.57. The van der Waals surface area contributed by atoms with Crippen LogP contribution in [0.4, 0.5) is 5.69 Å². The van der Waals surface area contributed by atoms with Gasteiger partial charge in [-0.25, -0.2) is 0 Å². The van der Waals surface area contributed by atoms with Crippen LogP contribution in [0.1, 0.15) is 13.3 Å². The van der Waals surface area contributed by atoms with Gasteiger partial charge in [0.25, 0.3) is 0 Å². The molecule has 0 aromatic heterocycles. The van der Waals surface area contributed by atoms with Gasteiger partial charge in [0.2, 0.25) is 0 Å². The van der Waals surface area contributed by atoms with Crippen LogP contribution in [0.3, 0.4) is 0 Å². The highest BCUT2D eigenvalue weighted by Crippen LogP contribution is 2.19. The number of hydrogen-bond acceptors (Lipinski definition) is 4. The molecule has 0 saturated carbocycles. The van der Waals surface area contributed by atoms with E-state index in [-0.39, 0.29) is 11.4 Å². The highest BCUT2D eigenvalue weighted by molar-refractivity contribution is 7.85. The maximum atomic E-state index is 12.0. The number of hydrogen-bond donors (Lipinski definition) is 1. The molecule has 5 heteroatoms. The Balaban J connectivity index is 1.77. The molecule has 1 aliphatic rings. The number of rotatable bonds is 5. The Morgan fingerprint density at radius 1 is 1.56 bits per heavy atom. The Bertz CT molecular complexity index is 424. The Labute approximate surface area is 110 Å². The molecule has 0 aliphatic carbocycles. The third kappa shape index (κ3) is 3.46. The third-order valence-electron chi connectivity index (χ3n) is 3.06. The molecule has 3 unspecified atom stereocenters. The first-order valence-corrected chi connectivity index (χ1v) is 7.52. The van der Waals surface area contributed by atoms with Gasteiger partial charge in [0.15, 0.2) is 0 Å². The summed E-state index contributed by atoms with van der Waals surface area (Å²) in [7, 11) is -0.886. The topological polar surface area (TPSA) is 61.5 Å². The lowest BCUT2D eigenvalue weighted by molar-refractivity contribution is 0.127. The molecule has 0 bridgehead atoms. The monoisotopic (exact) mass is 269 g/mol. The van der Waals surface area contributed by atoms with Crippen molar-refractivity contribution in [1.29, 1.82) is 0 Å². The fourth-order valence-electron chi connectivity index (χ4n) is 2.05. The largest absolute Gasteiger partial charge is 0.493 e. The number of nitrogens with two attached hydrogens (primary N) is 1. The molecule has 0 spiro atoms. The summed E-state index contributed by atoms with van der Waals surface area (Å²) in [6.07, 6.45) is 0.977. The Morgan fingerprint density at radius 3 is 3.06 bits per heavy atom. The van der Waals surface area contributed by atoms with Gasteiger partial charge in [0.1, 0.15) is 5.75 Å². The SMILES string of the molecule is CC1OCCC1S(=O)CCOc1cccc(N)c1. The summed E-state index contributed by atoms with van der Waals surface area (Å²) >= 11 is 0. The molecule has 0 amide bonds. The predicted molar refractivity (Wildman–Crippen MR) is 73.2 cm³/mol. The lowest BCUT2D eigenvalue weighted by Gasteiger charge is -2.14. The summed E-state index contributed by atoms with van der Waals surface area (Å²) in [5.41, 5.74) is 6.32. The molecule has 1 aliphatic heterocycles. The van der Waals surface area contributed by atoms with Gasteiger partial charge in [0, 0.05) is 29.2 Å². The van der Waals surface area contributed by atoms with E-state index in [0.29, 0.717) is 24.7 Å². The van der Waals surface area contributed by atoms with Gasteiger partial charge in [0.05, 0.1) is 23.7 Å². The van der Waals surface area contributed by atoms with Crippen LogP contribution in [0, 0.1) is 0 Å². The van der Waals surface area contributed by atoms with Crippen molar-refractivity contribution in [3.63, 3.8) is 0 Å². The number of ether oxygens (including phenoxy) is 2. The molecule has 1 heterocycles. The van der Waals surface area contributed by atoms with Crippen LogP contribution < -0.4 is 10.5 Å². The Morgan fingerprint density at radius 2 is 2.39 bits per heavy atom. The van der Waals surface area contributed by atoms with Crippen molar-refractivity contribution in [2.45, 2.75) is 24.7 Å². The molecular weight excluding hydrogens is 250 g/mol. The molecule has 1 aromatic carbocycles. The molecule has 1 saturated heterocycles. The smallest absolute Gasteiger partial charge is 0.121 e. The van der Waals surface area contributed by atoms with E-state index >= 15 is 0 Å². The average molecular weight is 269 g/mol. The lowest BCUT2D eigenvalue weighted by Crippen LogP contribution is -2.26. The Kier molecular flexibility index (Phi) is 4.60. The van der Waals surface area contributed by atoms with E-state index < -0.39 is 10.8 Å². The van der Waals surface area contributed by atoms with Crippen molar-refractivity contribution in [2.24, 2.45) is 0 Å². The molecule has 2 rings (SSSR count). The molecule has 1 fully saturated rings. The van der Waals surface area contributed by atoms with Crippen molar-refractivity contribution in [1.82, 2.24) is 0 Å². The van der Waals surface area contributed by atoms with Gasteiger partial charge in [-0.3, -0.25) is 4.21 Å². The standard InChI is InChI=1S/C13H19NO3S/c1-10-13(5-6-16-10)18(15)8-7-17-12-4-2-3-11(14)9-12/h2-4,9-10,13H,5-8,14H2,1H3. The van der Waals surface area contributed by atoms with Gasteiger partial charge < -0.3 is 15.2 Å². The van der Waals surface area contributed by atoms with E-state index in [9.17, 15) is 4.21 Å². The van der Waals surface area contributed by atoms with E-state index in [0.717, 1.165) is 12.2 Å². The summed E-state index contributed by atoms with van der Waals surface area (Å²) in [5.74, 6) is 1.26. The second kappa shape index (κ2) is 6.20. The first-order valence-electron chi connectivity index (χ1n) is 6.14. The molecule has 100 valence electrons. The van der Waals surface area contributed by atoms with Crippen LogP contribution in [0.5, 0.6) is 5.75 Å². The minimum atomic E-state index is -0.886. The van der Waals surface area contributed by atoms with Crippen molar-refractivity contribution < 1.29 is 13.7 Å². The molecule has 3 atom stereocenters. The van der Waals surface area contributed by atoms with Crippen molar-refractivity contribution in [3.05, 3.63) is 24.3 Å². The van der Waals surface area contributed by atoms with Gasteiger partial charge in [-0.1, -0.05) is 6.07 Å². The average Bonchev–Trinajstić information content (AvgIpc) is 2.75. The van der Waals surface area contributed by atoms with Gasteiger partial charge in [-0.2, -0.15) is 0 Å². The van der Waals surface area contributed by atoms with Gasteiger partial charge in [-0.05, 0) is 25.5 Å². The summed E-state index contributed by atoms with van der Waals surface area (Å²) in [6.45, 7) is 3.14. The number of anilines is 1. The van der Waals surface area contributed by atoms with E-state index in [1.807, 2.05) is 25.1 Å². The first-order chi connectivity index (χ1) is 8.66. The number of nitrogen functional groups attached to an aromatic ring is 1. The second-order valence-corrected chi connectivity index (χ2v) is 6.18. The summed E-state index contributed by atoms with van der Waals surface area (Å²) in [5, 5.41) is 0.148. The third-order valence-corrected chi connectivity index (χ3v) is 4.92. The zero-order valence-electron chi connectivity index (χ0n) is 10.5. The summed E-state index contributed by atoms with van der Waals surface area (Å²) in [6, 6.07) is 7.27. The van der Waals surface area contributed by atoms with E-state index in [4.69, 9.17) is 15.2 Å². The van der Waals surface area contributed by atoms with E-state index in [1.165, 1.54) is 0 Å². The highest BCUT2D eigenvalue weighted by atomic mass is 32.2. The minimum absolute atomic E-state index is 0.0956. The molecule has 1 aromatic rings. The van der Waals surface area contributed by atoms with Crippen molar-refractivity contribution in [3.8, 4) is 5.75 Å². The van der Waals surface area contributed by atoms with Crippen LogP contribution in [-0.2, 0) is 15.5 Å². The normalized spacial score (nSPS) is 24.9. The fourth-order valence-corrected chi connectivity index (χ4v) is 3.47. The van der Waals surface area contributed by atoms with Crippen LogP contribution in [0.2, 0.25) is 0 Å². The Hall–Kier alpha value is -1.07. The first kappa shape index (κ1) is 13.4. The van der Waals surface area contributed by atoms with E-state index in [1.54, 1.807) is 6.07 Å². The maximum Gasteiger partial charge on any atom is 0.121 e. The van der Waals surface area contributed by atoms with Crippen LogP contribution in [0.25, 0.3) is 0 Å². The van der Waals surface area contributed by atoms with Crippen LogP contribution in [0.15, 0.2) is 24.3 Å². The summed E-state index contributed by atoms with van der Waals surface area (Å²) in [4.78, 5) is 0. The molecule has 0 radical (unpaired) electrons. The quantitative estimate of drug-likeness (QED) is 0.824. The summed E-state index contributed by atoms with van der Waals surface area (Å²) < 4.78 is 23.0. The van der Waals surface area contributed by atoms with Crippen molar-refractivity contribution >= 4 is 16.5 Å². The zero-order chi connectivity index (χ0) is 13.0.